The predicted molar refractivity (Wildman–Crippen MR) is 87.6 cm³/mol. The quantitative estimate of drug-likeness (QED) is 0.850. The van der Waals surface area contributed by atoms with Crippen molar-refractivity contribution < 1.29 is 13.2 Å². The lowest BCUT2D eigenvalue weighted by Gasteiger charge is -2.19. The van der Waals surface area contributed by atoms with Crippen LogP contribution in [-0.2, 0) is 16.6 Å². The molecule has 0 aliphatic rings. The van der Waals surface area contributed by atoms with Crippen molar-refractivity contribution in [2.75, 3.05) is 14.2 Å². The molecule has 0 radical (unpaired) electrons. The first kappa shape index (κ1) is 16.5. The van der Waals surface area contributed by atoms with Gasteiger partial charge in [-0.25, -0.2) is 8.42 Å². The standard InChI is InChI=1S/C17H21NO3S/c1-13-8-9-17(14(2)10-13)22(19,20)18(3)12-15-6-5-7-16(11-15)21-4/h5-11H,12H2,1-4H3. The number of hydrogen-bond donors (Lipinski definition) is 0. The summed E-state index contributed by atoms with van der Waals surface area (Å²) in [5.41, 5.74) is 2.69. The van der Waals surface area contributed by atoms with Gasteiger partial charge in [-0.1, -0.05) is 29.8 Å². The Morgan fingerprint density at radius 2 is 1.82 bits per heavy atom. The minimum absolute atomic E-state index is 0.298. The van der Waals surface area contributed by atoms with Crippen LogP contribution in [0.4, 0.5) is 0 Å². The minimum Gasteiger partial charge on any atom is -0.497 e. The molecule has 2 aromatic rings. The largest absolute Gasteiger partial charge is 0.497 e. The van der Waals surface area contributed by atoms with E-state index in [1.54, 1.807) is 20.2 Å². The Hall–Kier alpha value is -1.85. The fourth-order valence-corrected chi connectivity index (χ4v) is 3.73. The van der Waals surface area contributed by atoms with E-state index in [2.05, 4.69) is 0 Å². The van der Waals surface area contributed by atoms with Gasteiger partial charge in [-0.15, -0.1) is 0 Å². The zero-order chi connectivity index (χ0) is 16.3. The summed E-state index contributed by atoms with van der Waals surface area (Å²) < 4.78 is 32.0. The van der Waals surface area contributed by atoms with Crippen LogP contribution in [0.3, 0.4) is 0 Å². The van der Waals surface area contributed by atoms with E-state index in [4.69, 9.17) is 4.74 Å². The Morgan fingerprint density at radius 1 is 1.09 bits per heavy atom. The van der Waals surface area contributed by atoms with Crippen molar-refractivity contribution in [3.63, 3.8) is 0 Å². The van der Waals surface area contributed by atoms with Crippen LogP contribution in [0.5, 0.6) is 5.75 Å². The molecule has 5 heteroatoms. The van der Waals surface area contributed by atoms with E-state index in [0.717, 1.165) is 22.4 Å². The first-order valence-corrected chi connectivity index (χ1v) is 8.45. The van der Waals surface area contributed by atoms with E-state index in [-0.39, 0.29) is 0 Å². The molecule has 22 heavy (non-hydrogen) atoms. The van der Waals surface area contributed by atoms with E-state index >= 15 is 0 Å². The highest BCUT2D eigenvalue weighted by atomic mass is 32.2. The maximum atomic E-state index is 12.7. The van der Waals surface area contributed by atoms with Gasteiger partial charge >= 0.3 is 0 Å². The molecule has 0 aliphatic carbocycles. The molecule has 0 aliphatic heterocycles. The Morgan fingerprint density at radius 3 is 2.45 bits per heavy atom. The summed E-state index contributed by atoms with van der Waals surface area (Å²) in [4.78, 5) is 0.350. The molecule has 0 atom stereocenters. The number of benzene rings is 2. The summed E-state index contributed by atoms with van der Waals surface area (Å²) in [6.45, 7) is 4.06. The fraction of sp³-hybridized carbons (Fsp3) is 0.294. The van der Waals surface area contributed by atoms with E-state index < -0.39 is 10.0 Å². The minimum atomic E-state index is -3.51. The Balaban J connectivity index is 2.28. The van der Waals surface area contributed by atoms with Gasteiger partial charge in [-0.3, -0.25) is 0 Å². The molecule has 0 aromatic heterocycles. The molecule has 0 bridgehead atoms. The van der Waals surface area contributed by atoms with Crippen LogP contribution in [0, 0.1) is 13.8 Å². The first-order valence-electron chi connectivity index (χ1n) is 7.01. The molecule has 0 spiro atoms. The van der Waals surface area contributed by atoms with Crippen LogP contribution in [0.25, 0.3) is 0 Å². The van der Waals surface area contributed by atoms with E-state index in [9.17, 15) is 8.42 Å². The van der Waals surface area contributed by atoms with Crippen molar-refractivity contribution in [3.8, 4) is 5.75 Å². The van der Waals surface area contributed by atoms with Crippen LogP contribution in [0.2, 0.25) is 0 Å². The highest BCUT2D eigenvalue weighted by Crippen LogP contribution is 2.22. The average Bonchev–Trinajstić information content (AvgIpc) is 2.47. The first-order chi connectivity index (χ1) is 10.3. The molecule has 0 amide bonds. The zero-order valence-electron chi connectivity index (χ0n) is 13.3. The lowest BCUT2D eigenvalue weighted by molar-refractivity contribution is 0.412. The number of nitrogens with zero attached hydrogens (tertiary/aromatic N) is 1. The Kier molecular flexibility index (Phi) is 4.88. The molecule has 0 N–H and O–H groups in total. The van der Waals surface area contributed by atoms with Crippen LogP contribution >= 0.6 is 0 Å². The SMILES string of the molecule is COc1cccc(CN(C)S(=O)(=O)c2ccc(C)cc2C)c1. The second-order valence-corrected chi connectivity index (χ2v) is 7.39. The fourth-order valence-electron chi connectivity index (χ4n) is 2.37. The molecule has 0 heterocycles. The predicted octanol–water partition coefficient (Wildman–Crippen LogP) is 3.13. The number of methoxy groups -OCH3 is 1. The molecular formula is C17H21NO3S. The zero-order valence-corrected chi connectivity index (χ0v) is 14.1. The average molecular weight is 319 g/mol. The summed E-state index contributed by atoms with van der Waals surface area (Å²) in [7, 11) is -0.328. The molecule has 0 fully saturated rings. The van der Waals surface area contributed by atoms with Gasteiger partial charge in [-0.2, -0.15) is 4.31 Å². The smallest absolute Gasteiger partial charge is 0.243 e. The summed E-state index contributed by atoms with van der Waals surface area (Å²) in [6, 6.07) is 12.8. The highest BCUT2D eigenvalue weighted by Gasteiger charge is 2.22. The van der Waals surface area contributed by atoms with Crippen molar-refractivity contribution in [2.45, 2.75) is 25.3 Å². The third kappa shape index (κ3) is 3.48. The van der Waals surface area contributed by atoms with Gasteiger partial charge in [0.15, 0.2) is 0 Å². The Bertz CT molecular complexity index is 769. The molecular weight excluding hydrogens is 298 g/mol. The monoisotopic (exact) mass is 319 g/mol. The Labute approximate surface area is 132 Å². The topological polar surface area (TPSA) is 46.6 Å². The van der Waals surface area contributed by atoms with Crippen molar-refractivity contribution >= 4 is 10.0 Å². The normalized spacial score (nSPS) is 11.7. The molecule has 4 nitrogen and oxygen atoms in total. The number of aryl methyl sites for hydroxylation is 2. The van der Waals surface area contributed by atoms with Gasteiger partial charge in [0.1, 0.15) is 5.75 Å². The molecule has 0 unspecified atom stereocenters. The van der Waals surface area contributed by atoms with Crippen LogP contribution in [-0.4, -0.2) is 26.9 Å². The maximum Gasteiger partial charge on any atom is 0.243 e. The molecule has 118 valence electrons. The maximum absolute atomic E-state index is 12.7. The summed E-state index contributed by atoms with van der Waals surface area (Å²) in [5, 5.41) is 0. The van der Waals surface area contributed by atoms with Crippen LogP contribution in [0.1, 0.15) is 16.7 Å². The number of ether oxygens (including phenoxy) is 1. The van der Waals surface area contributed by atoms with Crippen molar-refractivity contribution in [3.05, 3.63) is 59.2 Å². The number of sulfonamides is 1. The van der Waals surface area contributed by atoms with Gasteiger partial charge in [0, 0.05) is 13.6 Å². The van der Waals surface area contributed by atoms with Gasteiger partial charge in [-0.05, 0) is 43.2 Å². The van der Waals surface area contributed by atoms with Crippen molar-refractivity contribution in [2.24, 2.45) is 0 Å². The lowest BCUT2D eigenvalue weighted by Crippen LogP contribution is -2.27. The summed E-state index contributed by atoms with van der Waals surface area (Å²) >= 11 is 0. The second kappa shape index (κ2) is 6.50. The number of rotatable bonds is 5. The van der Waals surface area contributed by atoms with Crippen molar-refractivity contribution in [1.29, 1.82) is 0 Å². The van der Waals surface area contributed by atoms with Crippen LogP contribution in [0.15, 0.2) is 47.4 Å². The summed E-state index contributed by atoms with van der Waals surface area (Å²) in [6.07, 6.45) is 0. The molecule has 2 rings (SSSR count). The van der Waals surface area contributed by atoms with Gasteiger partial charge < -0.3 is 4.74 Å². The van der Waals surface area contributed by atoms with Gasteiger partial charge in [0.25, 0.3) is 0 Å². The molecule has 0 saturated carbocycles. The van der Waals surface area contributed by atoms with Gasteiger partial charge in [0.2, 0.25) is 10.0 Å². The van der Waals surface area contributed by atoms with E-state index in [1.807, 2.05) is 50.2 Å². The van der Waals surface area contributed by atoms with Crippen LogP contribution < -0.4 is 4.74 Å². The lowest BCUT2D eigenvalue weighted by atomic mass is 10.2. The van der Waals surface area contributed by atoms with E-state index in [0.29, 0.717) is 11.4 Å². The molecule has 0 saturated heterocycles. The molecule has 2 aromatic carbocycles. The van der Waals surface area contributed by atoms with E-state index in [1.165, 1.54) is 4.31 Å². The van der Waals surface area contributed by atoms with Crippen molar-refractivity contribution in [1.82, 2.24) is 4.31 Å². The second-order valence-electron chi connectivity index (χ2n) is 5.38. The van der Waals surface area contributed by atoms with Gasteiger partial charge in [0.05, 0.1) is 12.0 Å². The number of hydrogen-bond acceptors (Lipinski definition) is 3. The third-order valence-electron chi connectivity index (χ3n) is 3.56. The summed E-state index contributed by atoms with van der Waals surface area (Å²) in [5.74, 6) is 0.717. The third-order valence-corrected chi connectivity index (χ3v) is 5.52. The highest BCUT2D eigenvalue weighted by molar-refractivity contribution is 7.89.